The fourth-order valence-electron chi connectivity index (χ4n) is 1.67. The van der Waals surface area contributed by atoms with Crippen molar-refractivity contribution >= 4 is 16.5 Å². The molecule has 0 amide bonds. The van der Waals surface area contributed by atoms with Crippen LogP contribution in [0.25, 0.3) is 0 Å². The van der Waals surface area contributed by atoms with Crippen molar-refractivity contribution in [3.8, 4) is 5.75 Å². The zero-order valence-electron chi connectivity index (χ0n) is 10.4. The lowest BCUT2D eigenvalue weighted by molar-refractivity contribution is 0.413. The summed E-state index contributed by atoms with van der Waals surface area (Å²) in [6, 6.07) is 11.2. The molecule has 5 heteroatoms. The SMILES string of the molecule is COc1ccc(N)c(S(=O)Cc2ccccc2F)c1. The van der Waals surface area contributed by atoms with Gasteiger partial charge < -0.3 is 10.5 Å². The Morgan fingerprint density at radius 2 is 2.00 bits per heavy atom. The molecule has 0 aromatic heterocycles. The van der Waals surface area contributed by atoms with Gasteiger partial charge in [-0.05, 0) is 24.3 Å². The second-order valence-corrected chi connectivity index (χ2v) is 5.40. The monoisotopic (exact) mass is 279 g/mol. The summed E-state index contributed by atoms with van der Waals surface area (Å²) in [4.78, 5) is 0.461. The number of methoxy groups -OCH3 is 1. The summed E-state index contributed by atoms with van der Waals surface area (Å²) in [5.74, 6) is 0.299. The van der Waals surface area contributed by atoms with E-state index < -0.39 is 10.8 Å². The Kier molecular flexibility index (Phi) is 4.16. The number of nitrogens with two attached hydrogens (primary N) is 1. The van der Waals surface area contributed by atoms with E-state index in [0.29, 0.717) is 21.9 Å². The molecule has 2 aromatic carbocycles. The summed E-state index contributed by atoms with van der Waals surface area (Å²) in [5, 5.41) is 0. The fraction of sp³-hybridized carbons (Fsp3) is 0.143. The molecule has 2 N–H and O–H groups in total. The van der Waals surface area contributed by atoms with Crippen LogP contribution in [-0.4, -0.2) is 11.3 Å². The summed E-state index contributed by atoms with van der Waals surface area (Å²) in [7, 11) is 0.110. The lowest BCUT2D eigenvalue weighted by Crippen LogP contribution is -2.03. The van der Waals surface area contributed by atoms with Crippen LogP contribution in [0.1, 0.15) is 5.56 Å². The van der Waals surface area contributed by atoms with E-state index in [-0.39, 0.29) is 11.6 Å². The van der Waals surface area contributed by atoms with Crippen molar-refractivity contribution in [3.63, 3.8) is 0 Å². The first-order valence-corrected chi connectivity index (χ1v) is 6.99. The van der Waals surface area contributed by atoms with E-state index in [4.69, 9.17) is 10.5 Å². The third kappa shape index (κ3) is 3.12. The quantitative estimate of drug-likeness (QED) is 0.875. The van der Waals surface area contributed by atoms with Crippen LogP contribution in [0.2, 0.25) is 0 Å². The standard InChI is InChI=1S/C14H14FNO2S/c1-18-11-6-7-13(16)14(8-11)19(17)9-10-4-2-3-5-12(10)15/h2-8H,9,16H2,1H3. The number of anilines is 1. The molecule has 2 aromatic rings. The van der Waals surface area contributed by atoms with Gasteiger partial charge in [0, 0.05) is 11.3 Å². The third-order valence-electron chi connectivity index (χ3n) is 2.71. The van der Waals surface area contributed by atoms with Crippen molar-refractivity contribution in [1.29, 1.82) is 0 Å². The highest BCUT2D eigenvalue weighted by atomic mass is 32.2. The molecule has 0 heterocycles. The number of halogens is 1. The lowest BCUT2D eigenvalue weighted by Gasteiger charge is -2.08. The average molecular weight is 279 g/mol. The minimum atomic E-state index is -1.41. The van der Waals surface area contributed by atoms with Crippen molar-refractivity contribution < 1.29 is 13.3 Å². The predicted octanol–water partition coefficient (Wildman–Crippen LogP) is 2.72. The zero-order valence-corrected chi connectivity index (χ0v) is 11.2. The van der Waals surface area contributed by atoms with Gasteiger partial charge in [0.15, 0.2) is 0 Å². The molecule has 19 heavy (non-hydrogen) atoms. The number of hydrogen-bond donors (Lipinski definition) is 1. The minimum absolute atomic E-state index is 0.0873. The van der Waals surface area contributed by atoms with Gasteiger partial charge in [-0.15, -0.1) is 0 Å². The molecule has 0 radical (unpaired) electrons. The highest BCUT2D eigenvalue weighted by Gasteiger charge is 2.12. The van der Waals surface area contributed by atoms with Crippen LogP contribution in [0.15, 0.2) is 47.4 Å². The van der Waals surface area contributed by atoms with Gasteiger partial charge in [-0.2, -0.15) is 0 Å². The number of rotatable bonds is 4. The van der Waals surface area contributed by atoms with Gasteiger partial charge in [-0.1, -0.05) is 18.2 Å². The van der Waals surface area contributed by atoms with Crippen molar-refractivity contribution in [2.75, 3.05) is 12.8 Å². The first-order valence-electron chi connectivity index (χ1n) is 5.67. The Morgan fingerprint density at radius 1 is 1.26 bits per heavy atom. The van der Waals surface area contributed by atoms with Gasteiger partial charge in [0.1, 0.15) is 11.6 Å². The number of benzene rings is 2. The van der Waals surface area contributed by atoms with E-state index in [1.165, 1.54) is 13.2 Å². The van der Waals surface area contributed by atoms with Crippen LogP contribution in [0, 0.1) is 5.82 Å². The zero-order chi connectivity index (χ0) is 13.8. The smallest absolute Gasteiger partial charge is 0.127 e. The molecule has 0 saturated carbocycles. The largest absolute Gasteiger partial charge is 0.497 e. The van der Waals surface area contributed by atoms with Crippen LogP contribution in [0.4, 0.5) is 10.1 Å². The molecular formula is C14H14FNO2S. The summed E-state index contributed by atoms with van der Waals surface area (Å²) in [6.07, 6.45) is 0. The summed E-state index contributed by atoms with van der Waals surface area (Å²) in [6.45, 7) is 0. The van der Waals surface area contributed by atoms with E-state index in [0.717, 1.165) is 0 Å². The van der Waals surface area contributed by atoms with Gasteiger partial charge in [0.05, 0.1) is 28.6 Å². The number of ether oxygens (including phenoxy) is 1. The molecule has 0 aliphatic rings. The van der Waals surface area contributed by atoms with Crippen molar-refractivity contribution in [2.45, 2.75) is 10.6 Å². The maximum atomic E-state index is 13.5. The van der Waals surface area contributed by atoms with Crippen molar-refractivity contribution in [3.05, 3.63) is 53.8 Å². The molecule has 2 rings (SSSR count). The van der Waals surface area contributed by atoms with Crippen molar-refractivity contribution in [1.82, 2.24) is 0 Å². The second kappa shape index (κ2) is 5.84. The number of nitrogen functional groups attached to an aromatic ring is 1. The molecular weight excluding hydrogens is 265 g/mol. The molecule has 3 nitrogen and oxygen atoms in total. The summed E-state index contributed by atoms with van der Waals surface area (Å²) >= 11 is 0. The summed E-state index contributed by atoms with van der Waals surface area (Å²) in [5.41, 5.74) is 6.61. The van der Waals surface area contributed by atoms with Crippen molar-refractivity contribution in [2.24, 2.45) is 0 Å². The molecule has 0 saturated heterocycles. The normalized spacial score (nSPS) is 12.1. The Morgan fingerprint density at radius 3 is 2.68 bits per heavy atom. The van der Waals surface area contributed by atoms with E-state index >= 15 is 0 Å². The van der Waals surface area contributed by atoms with Crippen LogP contribution in [0.5, 0.6) is 5.75 Å². The molecule has 0 aliphatic carbocycles. The average Bonchev–Trinajstić information content (AvgIpc) is 2.42. The van der Waals surface area contributed by atoms with Gasteiger partial charge in [0.2, 0.25) is 0 Å². The van der Waals surface area contributed by atoms with Gasteiger partial charge in [0.25, 0.3) is 0 Å². The first-order chi connectivity index (χ1) is 9.11. The predicted molar refractivity (Wildman–Crippen MR) is 73.9 cm³/mol. The molecule has 1 unspecified atom stereocenters. The molecule has 100 valence electrons. The van der Waals surface area contributed by atoms with Crippen LogP contribution in [0.3, 0.4) is 0 Å². The number of hydrogen-bond acceptors (Lipinski definition) is 3. The fourth-order valence-corrected chi connectivity index (χ4v) is 2.92. The van der Waals surface area contributed by atoms with Crippen LogP contribution >= 0.6 is 0 Å². The van der Waals surface area contributed by atoms with E-state index in [1.807, 2.05) is 0 Å². The second-order valence-electron chi connectivity index (χ2n) is 3.99. The topological polar surface area (TPSA) is 52.3 Å². The molecule has 0 bridgehead atoms. The van der Waals surface area contributed by atoms with Gasteiger partial charge in [-0.25, -0.2) is 4.39 Å². The van der Waals surface area contributed by atoms with Crippen LogP contribution < -0.4 is 10.5 Å². The molecule has 0 aliphatic heterocycles. The maximum Gasteiger partial charge on any atom is 0.127 e. The van der Waals surface area contributed by atoms with E-state index in [2.05, 4.69) is 0 Å². The molecule has 1 atom stereocenters. The van der Waals surface area contributed by atoms with E-state index in [9.17, 15) is 8.60 Å². The summed E-state index contributed by atoms with van der Waals surface area (Å²) < 4.78 is 30.9. The Bertz CT molecular complexity index is 616. The molecule has 0 spiro atoms. The highest BCUT2D eigenvalue weighted by Crippen LogP contribution is 2.24. The Balaban J connectivity index is 2.28. The Hall–Kier alpha value is -1.88. The lowest BCUT2D eigenvalue weighted by atomic mass is 10.2. The third-order valence-corrected chi connectivity index (χ3v) is 4.13. The highest BCUT2D eigenvalue weighted by molar-refractivity contribution is 7.84. The van der Waals surface area contributed by atoms with Crippen LogP contribution in [-0.2, 0) is 16.6 Å². The minimum Gasteiger partial charge on any atom is -0.497 e. The first kappa shape index (κ1) is 13.5. The van der Waals surface area contributed by atoms with Gasteiger partial charge in [-0.3, -0.25) is 4.21 Å². The van der Waals surface area contributed by atoms with E-state index in [1.54, 1.807) is 36.4 Å². The van der Waals surface area contributed by atoms with Gasteiger partial charge >= 0.3 is 0 Å². The maximum absolute atomic E-state index is 13.5. The Labute approximate surface area is 113 Å². The molecule has 0 fully saturated rings.